The largest absolute Gasteiger partial charge is 0.426 e. The van der Waals surface area contributed by atoms with E-state index in [4.69, 9.17) is 9.15 Å². The first kappa shape index (κ1) is 20.5. The number of amides is 2. The molecule has 0 radical (unpaired) electrons. The molecule has 0 spiro atoms. The van der Waals surface area contributed by atoms with E-state index >= 15 is 0 Å². The number of nitrogens with zero attached hydrogens (tertiary/aromatic N) is 1. The van der Waals surface area contributed by atoms with E-state index in [2.05, 4.69) is 0 Å². The number of aryl methyl sites for hydroxylation is 2. The van der Waals surface area contributed by atoms with Crippen molar-refractivity contribution in [3.05, 3.63) is 75.1 Å². The molecule has 3 aromatic rings. The molecule has 0 atom stereocenters. The van der Waals surface area contributed by atoms with Crippen LogP contribution in [0.25, 0.3) is 11.0 Å². The van der Waals surface area contributed by atoms with Crippen LogP contribution in [0.3, 0.4) is 0 Å². The van der Waals surface area contributed by atoms with Crippen LogP contribution in [-0.4, -0.2) is 29.2 Å². The number of esters is 1. The lowest BCUT2D eigenvalue weighted by Crippen LogP contribution is -2.31. The lowest BCUT2D eigenvalue weighted by atomic mass is 10.1. The summed E-state index contributed by atoms with van der Waals surface area (Å²) >= 11 is 0. The summed E-state index contributed by atoms with van der Waals surface area (Å²) in [5, 5.41) is 0.793. The third-order valence-corrected chi connectivity index (χ3v) is 5.38. The minimum Gasteiger partial charge on any atom is -0.426 e. The number of carbonyl (C=O) groups excluding carboxylic acids is 3. The predicted molar refractivity (Wildman–Crippen MR) is 113 cm³/mol. The molecule has 158 valence electrons. The summed E-state index contributed by atoms with van der Waals surface area (Å²) in [6.45, 7) is 3.90. The quantitative estimate of drug-likeness (QED) is 0.262. The average molecular weight is 419 g/mol. The van der Waals surface area contributed by atoms with Crippen molar-refractivity contribution >= 4 is 28.8 Å². The van der Waals surface area contributed by atoms with E-state index in [1.165, 1.54) is 6.07 Å². The molecule has 2 amide bonds. The third kappa shape index (κ3) is 3.86. The number of carbonyl (C=O) groups is 3. The summed E-state index contributed by atoms with van der Waals surface area (Å²) < 4.78 is 10.8. The minimum atomic E-state index is -0.486. The van der Waals surface area contributed by atoms with Crippen LogP contribution in [-0.2, 0) is 11.2 Å². The molecule has 0 saturated carbocycles. The van der Waals surface area contributed by atoms with Gasteiger partial charge in [-0.3, -0.25) is 19.3 Å². The summed E-state index contributed by atoms with van der Waals surface area (Å²) in [6.07, 6.45) is 0.950. The van der Waals surface area contributed by atoms with Gasteiger partial charge in [-0.15, -0.1) is 0 Å². The van der Waals surface area contributed by atoms with Crippen LogP contribution in [0.4, 0.5) is 0 Å². The Kier molecular flexibility index (Phi) is 5.42. The van der Waals surface area contributed by atoms with E-state index in [9.17, 15) is 19.2 Å². The number of hydrogen-bond donors (Lipinski definition) is 0. The first-order valence-corrected chi connectivity index (χ1v) is 10.1. The molecule has 0 unspecified atom stereocenters. The van der Waals surface area contributed by atoms with Crippen molar-refractivity contribution in [2.75, 3.05) is 6.54 Å². The standard InChI is InChI=1S/C24H21NO6/c1-3-15-12-18-14(2)11-22(27)31-20(18)13-19(15)30-21(26)9-6-10-25-23(28)16-7-4-5-8-17(16)24(25)29/h4-5,7-8,11-13H,3,6,9-10H2,1-2H3. The molecular formula is C24H21NO6. The molecule has 0 aliphatic carbocycles. The second-order valence-corrected chi connectivity index (χ2v) is 7.44. The van der Waals surface area contributed by atoms with Gasteiger partial charge in [0.15, 0.2) is 0 Å². The summed E-state index contributed by atoms with van der Waals surface area (Å²) in [6, 6.07) is 11.5. The maximum Gasteiger partial charge on any atom is 0.336 e. The maximum absolute atomic E-state index is 12.4. The Balaban J connectivity index is 1.43. The summed E-state index contributed by atoms with van der Waals surface area (Å²) in [5.41, 5.74) is 2.27. The van der Waals surface area contributed by atoms with Gasteiger partial charge in [0.2, 0.25) is 0 Å². The van der Waals surface area contributed by atoms with Crippen molar-refractivity contribution in [3.8, 4) is 5.75 Å². The highest BCUT2D eigenvalue weighted by atomic mass is 16.5. The van der Waals surface area contributed by atoms with Crippen molar-refractivity contribution < 1.29 is 23.5 Å². The van der Waals surface area contributed by atoms with Crippen molar-refractivity contribution in [2.45, 2.75) is 33.1 Å². The monoisotopic (exact) mass is 419 g/mol. The molecule has 0 N–H and O–H groups in total. The second kappa shape index (κ2) is 8.18. The summed E-state index contributed by atoms with van der Waals surface area (Å²) in [5.74, 6) is -0.834. The zero-order valence-electron chi connectivity index (χ0n) is 17.3. The molecule has 2 heterocycles. The Morgan fingerprint density at radius 2 is 1.71 bits per heavy atom. The predicted octanol–water partition coefficient (Wildman–Crippen LogP) is 3.65. The Morgan fingerprint density at radius 3 is 2.35 bits per heavy atom. The van der Waals surface area contributed by atoms with Gasteiger partial charge in [-0.1, -0.05) is 19.1 Å². The van der Waals surface area contributed by atoms with Crippen LogP contribution in [0, 0.1) is 6.92 Å². The lowest BCUT2D eigenvalue weighted by Gasteiger charge is -2.14. The number of fused-ring (bicyclic) bond motifs is 2. The fraction of sp³-hybridized carbons (Fsp3) is 0.250. The fourth-order valence-electron chi connectivity index (χ4n) is 3.76. The highest BCUT2D eigenvalue weighted by molar-refractivity contribution is 6.21. The van der Waals surface area contributed by atoms with Gasteiger partial charge in [0.25, 0.3) is 11.8 Å². The summed E-state index contributed by atoms with van der Waals surface area (Å²) in [4.78, 5) is 50.0. The molecule has 7 heteroatoms. The molecule has 0 bridgehead atoms. The summed E-state index contributed by atoms with van der Waals surface area (Å²) in [7, 11) is 0. The molecule has 1 aliphatic heterocycles. The van der Waals surface area contributed by atoms with E-state index < -0.39 is 11.6 Å². The van der Waals surface area contributed by atoms with Gasteiger partial charge in [0.05, 0.1) is 11.1 Å². The van der Waals surface area contributed by atoms with E-state index in [1.54, 1.807) is 30.3 Å². The number of rotatable bonds is 6. The Bertz CT molecular complexity index is 1240. The van der Waals surface area contributed by atoms with Crippen LogP contribution in [0.1, 0.15) is 51.6 Å². The highest BCUT2D eigenvalue weighted by Crippen LogP contribution is 2.28. The van der Waals surface area contributed by atoms with Gasteiger partial charge in [0, 0.05) is 30.5 Å². The van der Waals surface area contributed by atoms with Crippen molar-refractivity contribution in [1.82, 2.24) is 4.90 Å². The number of benzene rings is 2. The van der Waals surface area contributed by atoms with Gasteiger partial charge in [-0.05, 0) is 49.1 Å². The molecule has 0 saturated heterocycles. The van der Waals surface area contributed by atoms with E-state index in [1.807, 2.05) is 19.9 Å². The van der Waals surface area contributed by atoms with Gasteiger partial charge >= 0.3 is 11.6 Å². The molecule has 4 rings (SSSR count). The number of hydrogen-bond acceptors (Lipinski definition) is 6. The third-order valence-electron chi connectivity index (χ3n) is 5.38. The van der Waals surface area contributed by atoms with Gasteiger partial charge in [-0.2, -0.15) is 0 Å². The Hall–Kier alpha value is -3.74. The Labute approximate surface area is 178 Å². The Morgan fingerprint density at radius 1 is 1.03 bits per heavy atom. The van der Waals surface area contributed by atoms with E-state index in [0.717, 1.165) is 21.4 Å². The average Bonchev–Trinajstić information content (AvgIpc) is 2.98. The van der Waals surface area contributed by atoms with Crippen molar-refractivity contribution in [3.63, 3.8) is 0 Å². The van der Waals surface area contributed by atoms with E-state index in [0.29, 0.717) is 28.9 Å². The molecular weight excluding hydrogens is 398 g/mol. The molecule has 1 aromatic heterocycles. The zero-order chi connectivity index (χ0) is 22.1. The van der Waals surface area contributed by atoms with Gasteiger partial charge in [-0.25, -0.2) is 4.79 Å². The van der Waals surface area contributed by atoms with Crippen LogP contribution < -0.4 is 10.4 Å². The first-order valence-electron chi connectivity index (χ1n) is 10.1. The van der Waals surface area contributed by atoms with Crippen LogP contribution in [0.5, 0.6) is 5.75 Å². The van der Waals surface area contributed by atoms with Gasteiger partial charge in [0.1, 0.15) is 11.3 Å². The topological polar surface area (TPSA) is 93.9 Å². The van der Waals surface area contributed by atoms with E-state index in [-0.39, 0.29) is 31.2 Å². The maximum atomic E-state index is 12.4. The van der Waals surface area contributed by atoms with Crippen LogP contribution >= 0.6 is 0 Å². The second-order valence-electron chi connectivity index (χ2n) is 7.44. The molecule has 7 nitrogen and oxygen atoms in total. The molecule has 1 aliphatic rings. The first-order chi connectivity index (χ1) is 14.9. The number of imide groups is 1. The number of ether oxygens (including phenoxy) is 1. The highest BCUT2D eigenvalue weighted by Gasteiger charge is 2.34. The molecule has 0 fully saturated rings. The zero-order valence-corrected chi connectivity index (χ0v) is 17.3. The fourth-order valence-corrected chi connectivity index (χ4v) is 3.76. The van der Waals surface area contributed by atoms with Crippen molar-refractivity contribution in [2.24, 2.45) is 0 Å². The smallest absolute Gasteiger partial charge is 0.336 e. The molecule has 2 aromatic carbocycles. The molecule has 31 heavy (non-hydrogen) atoms. The SMILES string of the molecule is CCc1cc2c(C)cc(=O)oc2cc1OC(=O)CCCN1C(=O)c2ccccc2C1=O. The van der Waals surface area contributed by atoms with Gasteiger partial charge < -0.3 is 9.15 Å². The van der Waals surface area contributed by atoms with Crippen LogP contribution in [0.2, 0.25) is 0 Å². The lowest BCUT2D eigenvalue weighted by molar-refractivity contribution is -0.134. The van der Waals surface area contributed by atoms with Crippen molar-refractivity contribution in [1.29, 1.82) is 0 Å². The van der Waals surface area contributed by atoms with Crippen LogP contribution in [0.15, 0.2) is 51.7 Å². The normalized spacial score (nSPS) is 13.0. The minimum absolute atomic E-state index is 0.0341.